The molecule has 0 atom stereocenters. The fourth-order valence-electron chi connectivity index (χ4n) is 3.09. The summed E-state index contributed by atoms with van der Waals surface area (Å²) in [5, 5.41) is 11.7. The first kappa shape index (κ1) is 13.9. The maximum absolute atomic E-state index is 12.4. The quantitative estimate of drug-likeness (QED) is 0.790. The molecule has 23 heavy (non-hydrogen) atoms. The van der Waals surface area contributed by atoms with Gasteiger partial charge in [0.25, 0.3) is 5.91 Å². The average molecular weight is 312 g/mol. The summed E-state index contributed by atoms with van der Waals surface area (Å²) in [6.45, 7) is 0. The first-order chi connectivity index (χ1) is 11.3. The van der Waals surface area contributed by atoms with Crippen LogP contribution in [0.25, 0.3) is 11.0 Å². The number of aromatic nitrogens is 5. The van der Waals surface area contributed by atoms with E-state index in [0.717, 1.165) is 25.7 Å². The summed E-state index contributed by atoms with van der Waals surface area (Å²) in [7, 11) is 0. The Kier molecular flexibility index (Phi) is 3.49. The predicted octanol–water partition coefficient (Wildman–Crippen LogP) is 1.73. The number of hydrogen-bond acceptors (Lipinski definition) is 6. The molecule has 8 heteroatoms. The van der Waals surface area contributed by atoms with Gasteiger partial charge in [0.1, 0.15) is 12.7 Å². The predicted molar refractivity (Wildman–Crippen MR) is 80.6 cm³/mol. The summed E-state index contributed by atoms with van der Waals surface area (Å²) < 4.78 is 7.05. The number of fused-ring (bicyclic) bond motifs is 1. The molecule has 3 aromatic heterocycles. The highest BCUT2D eigenvalue weighted by Crippen LogP contribution is 2.28. The zero-order valence-corrected chi connectivity index (χ0v) is 12.4. The molecule has 0 saturated heterocycles. The normalized spacial score (nSPS) is 21.4. The molecule has 1 N–H and O–H groups in total. The first-order valence-electron chi connectivity index (χ1n) is 7.66. The minimum atomic E-state index is -0.232. The summed E-state index contributed by atoms with van der Waals surface area (Å²) in [5.74, 6) is -0.00351. The smallest absolute Gasteiger partial charge is 0.290 e. The van der Waals surface area contributed by atoms with Gasteiger partial charge in [-0.05, 0) is 37.8 Å². The van der Waals surface area contributed by atoms with Gasteiger partial charge >= 0.3 is 0 Å². The van der Waals surface area contributed by atoms with Crippen LogP contribution in [0.5, 0.6) is 0 Å². The number of rotatable bonds is 3. The molecule has 3 heterocycles. The summed E-state index contributed by atoms with van der Waals surface area (Å²) in [5.41, 5.74) is 0.451. The first-order valence-corrected chi connectivity index (χ1v) is 7.66. The molecule has 0 aliphatic heterocycles. The molecule has 3 aromatic rings. The molecule has 0 unspecified atom stereocenters. The van der Waals surface area contributed by atoms with E-state index in [9.17, 15) is 4.79 Å². The highest BCUT2D eigenvalue weighted by molar-refractivity contribution is 6.02. The van der Waals surface area contributed by atoms with Crippen molar-refractivity contribution < 1.29 is 9.32 Å². The summed E-state index contributed by atoms with van der Waals surface area (Å²) in [6, 6.07) is 4.05. The maximum atomic E-state index is 12.4. The minimum Gasteiger partial charge on any atom is -0.348 e. The van der Waals surface area contributed by atoms with Gasteiger partial charge in [-0.1, -0.05) is 5.16 Å². The van der Waals surface area contributed by atoms with Gasteiger partial charge in [0, 0.05) is 12.2 Å². The standard InChI is InChI=1S/C15H16N6O2/c22-15(13-12-2-1-7-17-14(12)20-23-13)19-10-3-5-11(6-4-10)21-9-16-8-18-21/h1-2,7-11H,3-6H2,(H,19,22). The van der Waals surface area contributed by atoms with Gasteiger partial charge < -0.3 is 9.84 Å². The van der Waals surface area contributed by atoms with E-state index >= 15 is 0 Å². The SMILES string of the molecule is O=C(NC1CCC(n2cncn2)CC1)c1onc2ncccc12. The van der Waals surface area contributed by atoms with E-state index in [1.54, 1.807) is 31.0 Å². The zero-order chi connectivity index (χ0) is 15.6. The van der Waals surface area contributed by atoms with Crippen LogP contribution >= 0.6 is 0 Å². The van der Waals surface area contributed by atoms with Gasteiger partial charge in [-0.2, -0.15) is 5.10 Å². The van der Waals surface area contributed by atoms with E-state index in [2.05, 4.69) is 25.5 Å². The third kappa shape index (κ3) is 2.67. The molecular weight excluding hydrogens is 296 g/mol. The van der Waals surface area contributed by atoms with Crippen molar-refractivity contribution in [1.29, 1.82) is 0 Å². The number of carbonyl (C=O) groups excluding carboxylic acids is 1. The summed E-state index contributed by atoms with van der Waals surface area (Å²) in [6.07, 6.45) is 8.66. The number of pyridine rings is 1. The van der Waals surface area contributed by atoms with Crippen molar-refractivity contribution in [3.05, 3.63) is 36.7 Å². The van der Waals surface area contributed by atoms with Crippen LogP contribution in [-0.4, -0.2) is 36.9 Å². The largest absolute Gasteiger partial charge is 0.348 e. The fraction of sp³-hybridized carbons (Fsp3) is 0.400. The zero-order valence-electron chi connectivity index (χ0n) is 12.4. The van der Waals surface area contributed by atoms with Gasteiger partial charge in [-0.3, -0.25) is 4.79 Å². The molecular formula is C15H16N6O2. The average Bonchev–Trinajstić information content (AvgIpc) is 3.25. The van der Waals surface area contributed by atoms with Gasteiger partial charge in [0.15, 0.2) is 0 Å². The van der Waals surface area contributed by atoms with E-state index < -0.39 is 0 Å². The Morgan fingerprint density at radius 1 is 1.30 bits per heavy atom. The lowest BCUT2D eigenvalue weighted by Crippen LogP contribution is -2.38. The van der Waals surface area contributed by atoms with E-state index in [4.69, 9.17) is 4.52 Å². The van der Waals surface area contributed by atoms with Crippen molar-refractivity contribution in [3.63, 3.8) is 0 Å². The Bertz CT molecular complexity index is 804. The van der Waals surface area contributed by atoms with Crippen molar-refractivity contribution >= 4 is 16.9 Å². The molecule has 0 radical (unpaired) electrons. The monoisotopic (exact) mass is 312 g/mol. The summed E-state index contributed by atoms with van der Waals surface area (Å²) in [4.78, 5) is 20.5. The lowest BCUT2D eigenvalue weighted by atomic mass is 9.91. The molecule has 0 spiro atoms. The van der Waals surface area contributed by atoms with Crippen LogP contribution in [0.4, 0.5) is 0 Å². The number of amides is 1. The van der Waals surface area contributed by atoms with E-state index in [0.29, 0.717) is 17.1 Å². The van der Waals surface area contributed by atoms with E-state index in [1.807, 2.05) is 4.68 Å². The molecule has 0 bridgehead atoms. The third-order valence-corrected chi connectivity index (χ3v) is 4.30. The molecule has 0 aromatic carbocycles. The number of carbonyl (C=O) groups is 1. The Balaban J connectivity index is 1.40. The van der Waals surface area contributed by atoms with Gasteiger partial charge in [0.2, 0.25) is 11.4 Å². The molecule has 1 aliphatic carbocycles. The molecule has 1 aliphatic rings. The Hall–Kier alpha value is -2.77. The summed E-state index contributed by atoms with van der Waals surface area (Å²) >= 11 is 0. The van der Waals surface area contributed by atoms with Crippen LogP contribution in [0.15, 0.2) is 35.5 Å². The topological polar surface area (TPSA) is 98.7 Å². The van der Waals surface area contributed by atoms with Crippen LogP contribution in [0.2, 0.25) is 0 Å². The third-order valence-electron chi connectivity index (χ3n) is 4.30. The van der Waals surface area contributed by atoms with Crippen LogP contribution < -0.4 is 5.32 Å². The van der Waals surface area contributed by atoms with Crippen LogP contribution in [0.3, 0.4) is 0 Å². The Morgan fingerprint density at radius 3 is 2.96 bits per heavy atom. The molecule has 1 amide bonds. The van der Waals surface area contributed by atoms with Crippen molar-refractivity contribution in [2.24, 2.45) is 0 Å². The number of nitrogens with zero attached hydrogens (tertiary/aromatic N) is 5. The van der Waals surface area contributed by atoms with Crippen molar-refractivity contribution in [3.8, 4) is 0 Å². The number of nitrogens with one attached hydrogen (secondary N) is 1. The van der Waals surface area contributed by atoms with Crippen molar-refractivity contribution in [1.82, 2.24) is 30.2 Å². The van der Waals surface area contributed by atoms with Crippen LogP contribution in [0.1, 0.15) is 42.3 Å². The highest BCUT2D eigenvalue weighted by Gasteiger charge is 2.26. The van der Waals surface area contributed by atoms with Gasteiger partial charge in [-0.15, -0.1) is 0 Å². The Morgan fingerprint density at radius 2 is 2.17 bits per heavy atom. The molecule has 1 saturated carbocycles. The van der Waals surface area contributed by atoms with Crippen LogP contribution in [-0.2, 0) is 0 Å². The lowest BCUT2D eigenvalue weighted by molar-refractivity contribution is 0.0887. The molecule has 4 rings (SSSR count). The van der Waals surface area contributed by atoms with Gasteiger partial charge in [-0.25, -0.2) is 14.6 Å². The molecule has 118 valence electrons. The molecule has 1 fully saturated rings. The van der Waals surface area contributed by atoms with E-state index in [-0.39, 0.29) is 17.7 Å². The minimum absolute atomic E-state index is 0.138. The lowest BCUT2D eigenvalue weighted by Gasteiger charge is -2.28. The molecule has 8 nitrogen and oxygen atoms in total. The second-order valence-corrected chi connectivity index (χ2v) is 5.74. The fourth-order valence-corrected chi connectivity index (χ4v) is 3.09. The van der Waals surface area contributed by atoms with Gasteiger partial charge in [0.05, 0.1) is 11.4 Å². The maximum Gasteiger partial charge on any atom is 0.290 e. The second kappa shape index (κ2) is 5.79. The Labute approximate surface area is 131 Å². The van der Waals surface area contributed by atoms with Crippen molar-refractivity contribution in [2.75, 3.05) is 0 Å². The van der Waals surface area contributed by atoms with E-state index in [1.165, 1.54) is 0 Å². The highest BCUT2D eigenvalue weighted by atomic mass is 16.5. The second-order valence-electron chi connectivity index (χ2n) is 5.74. The number of hydrogen-bond donors (Lipinski definition) is 1. The van der Waals surface area contributed by atoms with Crippen molar-refractivity contribution in [2.45, 2.75) is 37.8 Å². The van der Waals surface area contributed by atoms with Crippen LogP contribution in [0, 0.1) is 0 Å².